The number of fused-ring (bicyclic) bond motifs is 1. The predicted molar refractivity (Wildman–Crippen MR) is 148 cm³/mol. The van der Waals surface area contributed by atoms with Crippen LogP contribution in [-0.2, 0) is 7.05 Å². The van der Waals surface area contributed by atoms with Crippen molar-refractivity contribution in [2.24, 2.45) is 7.05 Å². The summed E-state index contributed by atoms with van der Waals surface area (Å²) in [6, 6.07) is 13.8. The number of aromatic nitrogens is 4. The van der Waals surface area contributed by atoms with Crippen LogP contribution in [0.1, 0.15) is 39.5 Å². The lowest BCUT2D eigenvalue weighted by atomic mass is 9.89. The lowest BCUT2D eigenvalue weighted by Gasteiger charge is -2.39. The van der Waals surface area contributed by atoms with Gasteiger partial charge in [0.15, 0.2) is 0 Å². The van der Waals surface area contributed by atoms with Gasteiger partial charge in [-0.05, 0) is 43.9 Å². The summed E-state index contributed by atoms with van der Waals surface area (Å²) in [5, 5.41) is 8.01. The van der Waals surface area contributed by atoms with Gasteiger partial charge in [-0.1, -0.05) is 13.8 Å². The molecular formula is C29H36N6O2. The van der Waals surface area contributed by atoms with Gasteiger partial charge < -0.3 is 19.7 Å². The number of aryl methyl sites for hydroxylation is 1. The topological polar surface area (TPSA) is 77.3 Å². The van der Waals surface area contributed by atoms with Gasteiger partial charge >= 0.3 is 0 Å². The second-order valence-corrected chi connectivity index (χ2v) is 10.1. The molecule has 1 aliphatic rings. The van der Waals surface area contributed by atoms with Gasteiger partial charge in [-0.3, -0.25) is 9.67 Å². The Morgan fingerprint density at radius 1 is 0.919 bits per heavy atom. The first-order valence-corrected chi connectivity index (χ1v) is 13.0. The first-order valence-electron chi connectivity index (χ1n) is 13.0. The van der Waals surface area contributed by atoms with Crippen LogP contribution in [0.15, 0.2) is 55.0 Å². The number of ether oxygens (including phenoxy) is 2. The van der Waals surface area contributed by atoms with Crippen LogP contribution in [0.5, 0.6) is 11.5 Å². The van der Waals surface area contributed by atoms with E-state index in [-0.39, 0.29) is 0 Å². The number of nitrogens with zero attached hydrogens (tertiary/aromatic N) is 5. The van der Waals surface area contributed by atoms with E-state index in [0.29, 0.717) is 18.1 Å². The Morgan fingerprint density at radius 2 is 1.65 bits per heavy atom. The third-order valence-electron chi connectivity index (χ3n) is 7.05. The summed E-state index contributed by atoms with van der Waals surface area (Å²) in [4.78, 5) is 12.1. The highest BCUT2D eigenvalue weighted by atomic mass is 16.5. The molecule has 0 saturated heterocycles. The van der Waals surface area contributed by atoms with Crippen LogP contribution in [0.2, 0.25) is 0 Å². The van der Waals surface area contributed by atoms with Crippen molar-refractivity contribution < 1.29 is 9.47 Å². The zero-order valence-corrected chi connectivity index (χ0v) is 22.3. The molecule has 0 aliphatic heterocycles. The molecular weight excluding hydrogens is 464 g/mol. The SMILES string of the molecule is COc1cc(OC)cc(N(c2ccc3ncc(-c4cnn(C)c4)nc3c2)C2CCC(NC(C)C)CC2)c1. The second kappa shape index (κ2) is 10.8. The van der Waals surface area contributed by atoms with Crippen molar-refractivity contribution in [1.29, 1.82) is 0 Å². The van der Waals surface area contributed by atoms with Crippen molar-refractivity contribution in [1.82, 2.24) is 25.1 Å². The summed E-state index contributed by atoms with van der Waals surface area (Å²) in [7, 11) is 5.29. The van der Waals surface area contributed by atoms with Crippen molar-refractivity contribution in [3.05, 3.63) is 55.0 Å². The van der Waals surface area contributed by atoms with E-state index in [0.717, 1.165) is 70.8 Å². The van der Waals surface area contributed by atoms with Gasteiger partial charge in [-0.15, -0.1) is 0 Å². The molecule has 8 heteroatoms. The van der Waals surface area contributed by atoms with Crippen molar-refractivity contribution in [2.45, 2.75) is 57.7 Å². The molecule has 1 aliphatic carbocycles. The molecule has 5 rings (SSSR count). The number of methoxy groups -OCH3 is 2. The molecule has 0 radical (unpaired) electrons. The quantitative estimate of drug-likeness (QED) is 0.343. The molecule has 37 heavy (non-hydrogen) atoms. The predicted octanol–water partition coefficient (Wildman–Crippen LogP) is 5.49. The molecule has 0 bridgehead atoms. The molecule has 2 aromatic heterocycles. The highest BCUT2D eigenvalue weighted by Crippen LogP contribution is 2.39. The lowest BCUT2D eigenvalue weighted by molar-refractivity contribution is 0.324. The van der Waals surface area contributed by atoms with Crippen LogP contribution in [-0.4, -0.2) is 52.1 Å². The Kier molecular flexibility index (Phi) is 7.28. The number of benzene rings is 2. The second-order valence-electron chi connectivity index (χ2n) is 10.1. The molecule has 0 atom stereocenters. The maximum absolute atomic E-state index is 5.62. The molecule has 0 amide bonds. The van der Waals surface area contributed by atoms with Gasteiger partial charge in [0.05, 0.1) is 43.3 Å². The van der Waals surface area contributed by atoms with E-state index in [4.69, 9.17) is 14.5 Å². The zero-order valence-electron chi connectivity index (χ0n) is 22.3. The Hall–Kier alpha value is -3.65. The average molecular weight is 501 g/mol. The molecule has 2 aromatic carbocycles. The van der Waals surface area contributed by atoms with Crippen LogP contribution in [0.25, 0.3) is 22.3 Å². The molecule has 8 nitrogen and oxygen atoms in total. The Bertz CT molecular complexity index is 1340. The fourth-order valence-electron chi connectivity index (χ4n) is 5.32. The smallest absolute Gasteiger partial charge is 0.124 e. The summed E-state index contributed by atoms with van der Waals surface area (Å²) in [5.41, 5.74) is 5.62. The summed E-state index contributed by atoms with van der Waals surface area (Å²) in [5.74, 6) is 1.54. The Labute approximate surface area is 218 Å². The normalized spacial score (nSPS) is 17.8. The maximum atomic E-state index is 5.62. The zero-order chi connectivity index (χ0) is 25.9. The molecule has 0 spiro atoms. The molecule has 194 valence electrons. The third-order valence-corrected chi connectivity index (χ3v) is 7.05. The molecule has 2 heterocycles. The van der Waals surface area contributed by atoms with Crippen molar-refractivity contribution in [3.8, 4) is 22.8 Å². The summed E-state index contributed by atoms with van der Waals surface area (Å²) in [6.45, 7) is 4.44. The first-order chi connectivity index (χ1) is 17.9. The van der Waals surface area contributed by atoms with Crippen molar-refractivity contribution in [3.63, 3.8) is 0 Å². The highest BCUT2D eigenvalue weighted by Gasteiger charge is 2.28. The maximum Gasteiger partial charge on any atom is 0.124 e. The van der Waals surface area contributed by atoms with Gasteiger partial charge in [-0.25, -0.2) is 4.98 Å². The standard InChI is InChI=1S/C29H36N6O2/c1-19(2)32-21-6-8-22(9-7-21)35(24-12-25(36-4)15-26(13-24)37-5)23-10-11-27-28(14-23)33-29(17-30-27)20-16-31-34(3)18-20/h10-19,21-22,32H,6-9H2,1-5H3. The minimum Gasteiger partial charge on any atom is -0.497 e. The largest absolute Gasteiger partial charge is 0.497 e. The van der Waals surface area contributed by atoms with Crippen LogP contribution >= 0.6 is 0 Å². The molecule has 4 aromatic rings. The molecule has 1 saturated carbocycles. The molecule has 0 unspecified atom stereocenters. The average Bonchev–Trinajstić information content (AvgIpc) is 3.35. The minimum absolute atomic E-state index is 0.342. The van der Waals surface area contributed by atoms with Gasteiger partial charge in [-0.2, -0.15) is 5.10 Å². The van der Waals surface area contributed by atoms with Crippen molar-refractivity contribution in [2.75, 3.05) is 19.1 Å². The molecule has 1 N–H and O–H groups in total. The number of anilines is 2. The van der Waals surface area contributed by atoms with Crippen LogP contribution in [0.3, 0.4) is 0 Å². The summed E-state index contributed by atoms with van der Waals surface area (Å²) < 4.78 is 13.0. The number of rotatable bonds is 8. The van der Waals surface area contributed by atoms with Crippen LogP contribution < -0.4 is 19.7 Å². The lowest BCUT2D eigenvalue weighted by Crippen LogP contribution is -2.42. The Balaban J connectivity index is 1.55. The Morgan fingerprint density at radius 3 is 2.27 bits per heavy atom. The number of nitrogens with one attached hydrogen (secondary N) is 1. The van der Waals surface area contributed by atoms with E-state index >= 15 is 0 Å². The van der Waals surface area contributed by atoms with E-state index in [1.165, 1.54) is 0 Å². The number of hydrogen-bond donors (Lipinski definition) is 1. The highest BCUT2D eigenvalue weighted by molar-refractivity contribution is 5.83. The first kappa shape index (κ1) is 25.0. The van der Waals surface area contributed by atoms with E-state index in [1.807, 2.05) is 31.7 Å². The summed E-state index contributed by atoms with van der Waals surface area (Å²) >= 11 is 0. The van der Waals surface area contributed by atoms with E-state index in [9.17, 15) is 0 Å². The van der Waals surface area contributed by atoms with E-state index < -0.39 is 0 Å². The van der Waals surface area contributed by atoms with Crippen LogP contribution in [0, 0.1) is 0 Å². The van der Waals surface area contributed by atoms with Gasteiger partial charge in [0, 0.05) is 66.5 Å². The van der Waals surface area contributed by atoms with E-state index in [1.54, 1.807) is 18.9 Å². The van der Waals surface area contributed by atoms with Gasteiger partial charge in [0.1, 0.15) is 11.5 Å². The fourth-order valence-corrected chi connectivity index (χ4v) is 5.32. The minimum atomic E-state index is 0.342. The van der Waals surface area contributed by atoms with Gasteiger partial charge in [0.25, 0.3) is 0 Å². The molecule has 1 fully saturated rings. The van der Waals surface area contributed by atoms with Gasteiger partial charge in [0.2, 0.25) is 0 Å². The fraction of sp³-hybridized carbons (Fsp3) is 0.414. The van der Waals surface area contributed by atoms with E-state index in [2.05, 4.69) is 64.5 Å². The monoisotopic (exact) mass is 500 g/mol. The third kappa shape index (κ3) is 5.54. The van der Waals surface area contributed by atoms with Crippen molar-refractivity contribution >= 4 is 22.4 Å². The number of hydrogen-bond acceptors (Lipinski definition) is 7. The summed E-state index contributed by atoms with van der Waals surface area (Å²) in [6.07, 6.45) is 10.0. The van der Waals surface area contributed by atoms with Crippen LogP contribution in [0.4, 0.5) is 11.4 Å².